The minimum absolute atomic E-state index is 0.0719. The maximum Gasteiger partial charge on any atom is 0.337 e. The quantitative estimate of drug-likeness (QED) is 0.798. The molecule has 0 fully saturated rings. The Morgan fingerprint density at radius 2 is 2.11 bits per heavy atom. The number of carbonyl (C=O) groups excluding carboxylic acids is 2. The predicted octanol–water partition coefficient (Wildman–Crippen LogP) is 1.07. The van der Waals surface area contributed by atoms with Crippen LogP contribution in [0.3, 0.4) is 0 Å². The molecule has 1 rings (SSSR count). The molecule has 0 radical (unpaired) electrons. The van der Waals surface area contributed by atoms with Gasteiger partial charge in [0.15, 0.2) is 0 Å². The van der Waals surface area contributed by atoms with Crippen molar-refractivity contribution in [3.05, 3.63) is 33.8 Å². The highest BCUT2D eigenvalue weighted by molar-refractivity contribution is 9.10. The number of hydrogen-bond acceptors (Lipinski definition) is 4. The van der Waals surface area contributed by atoms with Crippen LogP contribution in [0, 0.1) is 0 Å². The molecule has 5 nitrogen and oxygen atoms in total. The fraction of sp³-hybridized carbons (Fsp3) is 0.333. The Morgan fingerprint density at radius 1 is 1.39 bits per heavy atom. The highest BCUT2D eigenvalue weighted by Crippen LogP contribution is 2.19. The number of methoxy groups -OCH3 is 1. The fourth-order valence-corrected chi connectivity index (χ4v) is 1.85. The second-order valence-corrected chi connectivity index (χ2v) is 4.43. The van der Waals surface area contributed by atoms with Crippen molar-refractivity contribution in [2.24, 2.45) is 0 Å². The largest absolute Gasteiger partial charge is 0.465 e. The van der Waals surface area contributed by atoms with Gasteiger partial charge in [-0.05, 0) is 17.7 Å². The Labute approximate surface area is 114 Å². The third kappa shape index (κ3) is 4.12. The van der Waals surface area contributed by atoms with E-state index in [2.05, 4.69) is 31.3 Å². The summed E-state index contributed by atoms with van der Waals surface area (Å²) in [6, 6.07) is 5.20. The van der Waals surface area contributed by atoms with Crippen molar-refractivity contribution in [2.75, 3.05) is 20.7 Å². The molecule has 1 amide bonds. The van der Waals surface area contributed by atoms with Gasteiger partial charge >= 0.3 is 5.97 Å². The Balaban J connectivity index is 2.63. The lowest BCUT2D eigenvalue weighted by Gasteiger charge is -2.07. The average molecular weight is 315 g/mol. The zero-order valence-corrected chi connectivity index (χ0v) is 11.8. The molecule has 1 aromatic rings. The van der Waals surface area contributed by atoms with Crippen molar-refractivity contribution in [3.63, 3.8) is 0 Å². The van der Waals surface area contributed by atoms with Crippen LogP contribution in [0.5, 0.6) is 0 Å². The van der Waals surface area contributed by atoms with Crippen LogP contribution < -0.4 is 10.6 Å². The van der Waals surface area contributed by atoms with Crippen LogP contribution in [0.2, 0.25) is 0 Å². The van der Waals surface area contributed by atoms with Crippen molar-refractivity contribution < 1.29 is 14.3 Å². The molecular weight excluding hydrogens is 300 g/mol. The lowest BCUT2D eigenvalue weighted by atomic mass is 10.1. The van der Waals surface area contributed by atoms with Crippen molar-refractivity contribution in [3.8, 4) is 0 Å². The van der Waals surface area contributed by atoms with E-state index >= 15 is 0 Å². The number of nitrogens with one attached hydrogen (secondary N) is 2. The third-order valence-corrected chi connectivity index (χ3v) is 3.09. The first-order valence-electron chi connectivity index (χ1n) is 5.36. The number of amides is 1. The van der Waals surface area contributed by atoms with E-state index in [1.165, 1.54) is 7.11 Å². The number of carbonyl (C=O) groups is 2. The van der Waals surface area contributed by atoms with Gasteiger partial charge in [0.2, 0.25) is 5.91 Å². The number of likely N-dealkylation sites (N-methyl/N-ethyl adjacent to an activating group) is 1. The van der Waals surface area contributed by atoms with Crippen molar-refractivity contribution in [1.29, 1.82) is 0 Å². The smallest absolute Gasteiger partial charge is 0.337 e. The minimum Gasteiger partial charge on any atom is -0.465 e. The van der Waals surface area contributed by atoms with E-state index in [1.54, 1.807) is 19.2 Å². The van der Waals surface area contributed by atoms with Gasteiger partial charge in [-0.1, -0.05) is 22.0 Å². The van der Waals surface area contributed by atoms with Gasteiger partial charge in [0.05, 0.1) is 19.2 Å². The maximum atomic E-state index is 11.3. The number of halogens is 1. The van der Waals surface area contributed by atoms with Crippen LogP contribution in [0.4, 0.5) is 0 Å². The molecule has 0 saturated carbocycles. The van der Waals surface area contributed by atoms with Crippen LogP contribution in [0.15, 0.2) is 22.7 Å². The molecule has 0 aromatic heterocycles. The van der Waals surface area contributed by atoms with Crippen molar-refractivity contribution in [1.82, 2.24) is 10.6 Å². The van der Waals surface area contributed by atoms with Crippen LogP contribution in [0.25, 0.3) is 0 Å². The monoisotopic (exact) mass is 314 g/mol. The van der Waals surface area contributed by atoms with Gasteiger partial charge in [-0.2, -0.15) is 0 Å². The van der Waals surface area contributed by atoms with E-state index in [9.17, 15) is 9.59 Å². The number of rotatable bonds is 5. The van der Waals surface area contributed by atoms with Gasteiger partial charge in [0.1, 0.15) is 0 Å². The van der Waals surface area contributed by atoms with Gasteiger partial charge in [-0.15, -0.1) is 0 Å². The number of ether oxygens (including phenoxy) is 1. The molecule has 18 heavy (non-hydrogen) atoms. The van der Waals surface area contributed by atoms with Crippen LogP contribution >= 0.6 is 15.9 Å². The predicted molar refractivity (Wildman–Crippen MR) is 71.3 cm³/mol. The molecule has 0 heterocycles. The van der Waals surface area contributed by atoms with E-state index in [-0.39, 0.29) is 18.4 Å². The van der Waals surface area contributed by atoms with E-state index in [4.69, 9.17) is 0 Å². The highest BCUT2D eigenvalue weighted by Gasteiger charge is 2.08. The van der Waals surface area contributed by atoms with Crippen molar-refractivity contribution in [2.45, 2.75) is 6.54 Å². The zero-order chi connectivity index (χ0) is 13.5. The molecule has 0 aliphatic rings. The number of esters is 1. The van der Waals surface area contributed by atoms with E-state index < -0.39 is 0 Å². The molecule has 1 aromatic carbocycles. The van der Waals surface area contributed by atoms with E-state index in [0.29, 0.717) is 12.1 Å². The molecule has 0 bridgehead atoms. The number of hydrogen-bond donors (Lipinski definition) is 2. The molecule has 98 valence electrons. The van der Waals surface area contributed by atoms with Crippen LogP contribution in [0.1, 0.15) is 15.9 Å². The topological polar surface area (TPSA) is 67.4 Å². The molecule has 6 heteroatoms. The van der Waals surface area contributed by atoms with Gasteiger partial charge in [-0.3, -0.25) is 4.79 Å². The first-order valence-corrected chi connectivity index (χ1v) is 6.15. The lowest BCUT2D eigenvalue weighted by molar-refractivity contribution is -0.119. The highest BCUT2D eigenvalue weighted by atomic mass is 79.9. The summed E-state index contributed by atoms with van der Waals surface area (Å²) in [6.45, 7) is 0.789. The summed E-state index contributed by atoms with van der Waals surface area (Å²) in [6.07, 6.45) is 0. The summed E-state index contributed by atoms with van der Waals surface area (Å²) in [7, 11) is 2.93. The standard InChI is InChI=1S/C12H15BrN2O3/c1-14-11(16)7-15-6-9-4-3-8(5-10(9)13)12(17)18-2/h3-5,15H,6-7H2,1-2H3,(H,14,16). The molecule has 0 aliphatic heterocycles. The maximum absolute atomic E-state index is 11.3. The second kappa shape index (κ2) is 7.13. The Morgan fingerprint density at radius 3 is 2.67 bits per heavy atom. The number of benzene rings is 1. The summed E-state index contributed by atoms with van der Waals surface area (Å²) >= 11 is 3.38. The molecule has 0 saturated heterocycles. The Hall–Kier alpha value is -1.40. The van der Waals surface area contributed by atoms with E-state index in [0.717, 1.165) is 10.0 Å². The lowest BCUT2D eigenvalue weighted by Crippen LogP contribution is -2.31. The summed E-state index contributed by atoms with van der Waals surface area (Å²) in [5.74, 6) is -0.446. The first kappa shape index (κ1) is 14.7. The molecule has 0 spiro atoms. The zero-order valence-electron chi connectivity index (χ0n) is 10.2. The SMILES string of the molecule is CNC(=O)CNCc1ccc(C(=O)OC)cc1Br. The fourth-order valence-electron chi connectivity index (χ4n) is 1.33. The second-order valence-electron chi connectivity index (χ2n) is 3.57. The Kier molecular flexibility index (Phi) is 5.80. The summed E-state index contributed by atoms with van der Waals surface area (Å²) in [4.78, 5) is 22.3. The average Bonchev–Trinajstić information content (AvgIpc) is 2.39. The van der Waals surface area contributed by atoms with Gasteiger partial charge in [0, 0.05) is 18.1 Å². The van der Waals surface area contributed by atoms with Gasteiger partial charge in [0.25, 0.3) is 0 Å². The van der Waals surface area contributed by atoms with Crippen molar-refractivity contribution >= 4 is 27.8 Å². The first-order chi connectivity index (χ1) is 8.58. The summed E-state index contributed by atoms with van der Waals surface area (Å²) in [5, 5.41) is 5.52. The minimum atomic E-state index is -0.374. The Bertz CT molecular complexity index is 449. The van der Waals surface area contributed by atoms with Gasteiger partial charge < -0.3 is 15.4 Å². The summed E-state index contributed by atoms with van der Waals surface area (Å²) < 4.78 is 5.43. The molecule has 0 atom stereocenters. The molecule has 0 aliphatic carbocycles. The molecule has 0 unspecified atom stereocenters. The normalized spacial score (nSPS) is 9.94. The van der Waals surface area contributed by atoms with E-state index in [1.807, 2.05) is 6.07 Å². The summed E-state index contributed by atoms with van der Waals surface area (Å²) in [5.41, 5.74) is 1.45. The van der Waals surface area contributed by atoms with Crippen LogP contribution in [-0.2, 0) is 16.1 Å². The molecular formula is C12H15BrN2O3. The third-order valence-electron chi connectivity index (χ3n) is 2.35. The van der Waals surface area contributed by atoms with Gasteiger partial charge in [-0.25, -0.2) is 4.79 Å². The molecule has 2 N–H and O–H groups in total. The van der Waals surface area contributed by atoms with Crippen LogP contribution in [-0.4, -0.2) is 32.6 Å².